The van der Waals surface area contributed by atoms with Crippen LogP contribution in [0.2, 0.25) is 0 Å². The quantitative estimate of drug-likeness (QED) is 0.538. The van der Waals surface area contributed by atoms with E-state index in [0.29, 0.717) is 6.42 Å². The highest BCUT2D eigenvalue weighted by molar-refractivity contribution is 7.89. The molecule has 0 amide bonds. The lowest BCUT2D eigenvalue weighted by Gasteiger charge is -2.15. The summed E-state index contributed by atoms with van der Waals surface area (Å²) in [5, 5.41) is 19.7. The van der Waals surface area contributed by atoms with Crippen molar-refractivity contribution in [2.45, 2.75) is 30.7 Å². The van der Waals surface area contributed by atoms with E-state index in [0.717, 1.165) is 18.2 Å². The first-order valence-electron chi connectivity index (χ1n) is 6.30. The Morgan fingerprint density at radius 2 is 2.14 bits per heavy atom. The van der Waals surface area contributed by atoms with E-state index in [1.54, 1.807) is 6.92 Å². The van der Waals surface area contributed by atoms with Crippen LogP contribution in [0, 0.1) is 10.1 Å². The molecule has 1 aromatic rings. The van der Waals surface area contributed by atoms with Gasteiger partial charge in [0.25, 0.3) is 5.69 Å². The molecule has 0 aromatic heterocycles. The summed E-state index contributed by atoms with van der Waals surface area (Å²) >= 11 is 0. The predicted molar refractivity (Wildman–Crippen MR) is 76.3 cm³/mol. The van der Waals surface area contributed by atoms with E-state index in [2.05, 4.69) is 4.72 Å². The van der Waals surface area contributed by atoms with Gasteiger partial charge in [-0.2, -0.15) is 4.72 Å². The third kappa shape index (κ3) is 4.15. The zero-order valence-electron chi connectivity index (χ0n) is 12.0. The standard InChI is InChI=1S/C12H16N2O7S/c1-3-4-9(12(15)16)13-22(19,20)11-6-5-8(14(17)18)7-10(11)21-2/h5-7,9,13H,3-4H2,1-2H3,(H,15,16). The van der Waals surface area contributed by atoms with Crippen LogP contribution in [0.1, 0.15) is 19.8 Å². The predicted octanol–water partition coefficient (Wildman–Crippen LogP) is 1.13. The average molecular weight is 332 g/mol. The fourth-order valence-electron chi connectivity index (χ4n) is 1.76. The number of sulfonamides is 1. The van der Waals surface area contributed by atoms with Crippen LogP contribution in [0.25, 0.3) is 0 Å². The number of non-ortho nitro benzene ring substituents is 1. The highest BCUT2D eigenvalue weighted by Gasteiger charge is 2.28. The van der Waals surface area contributed by atoms with Gasteiger partial charge < -0.3 is 9.84 Å². The van der Waals surface area contributed by atoms with E-state index < -0.39 is 27.0 Å². The third-order valence-corrected chi connectivity index (χ3v) is 4.33. The van der Waals surface area contributed by atoms with Crippen LogP contribution in [0.3, 0.4) is 0 Å². The lowest BCUT2D eigenvalue weighted by atomic mass is 10.2. The molecule has 9 nitrogen and oxygen atoms in total. The van der Waals surface area contributed by atoms with Gasteiger partial charge >= 0.3 is 5.97 Å². The Balaban J connectivity index is 3.22. The number of hydrogen-bond acceptors (Lipinski definition) is 6. The minimum absolute atomic E-state index is 0.115. The number of nitrogens with zero attached hydrogens (tertiary/aromatic N) is 1. The fourth-order valence-corrected chi connectivity index (χ4v) is 3.14. The molecule has 0 aliphatic carbocycles. The molecule has 1 rings (SSSR count). The molecular formula is C12H16N2O7S. The number of nitro groups is 1. The van der Waals surface area contributed by atoms with Gasteiger partial charge in [-0.25, -0.2) is 8.42 Å². The first kappa shape index (κ1) is 17.9. The molecule has 10 heteroatoms. The second-order valence-electron chi connectivity index (χ2n) is 4.39. The monoisotopic (exact) mass is 332 g/mol. The molecule has 0 radical (unpaired) electrons. The smallest absolute Gasteiger partial charge is 0.321 e. The van der Waals surface area contributed by atoms with Gasteiger partial charge in [0.2, 0.25) is 10.0 Å². The molecule has 0 saturated carbocycles. The van der Waals surface area contributed by atoms with Crippen LogP contribution in [0.5, 0.6) is 5.75 Å². The van der Waals surface area contributed by atoms with Crippen LogP contribution in [0.4, 0.5) is 5.69 Å². The second-order valence-corrected chi connectivity index (χ2v) is 6.08. The molecule has 22 heavy (non-hydrogen) atoms. The van der Waals surface area contributed by atoms with Crippen molar-refractivity contribution in [3.63, 3.8) is 0 Å². The number of ether oxygens (including phenoxy) is 1. The Kier molecular flexibility index (Phi) is 5.83. The van der Waals surface area contributed by atoms with Crippen LogP contribution >= 0.6 is 0 Å². The lowest BCUT2D eigenvalue weighted by Crippen LogP contribution is -2.40. The molecule has 1 unspecified atom stereocenters. The van der Waals surface area contributed by atoms with Crippen molar-refractivity contribution in [2.24, 2.45) is 0 Å². The number of carboxylic acids is 1. The summed E-state index contributed by atoms with van der Waals surface area (Å²) in [7, 11) is -3.02. The van der Waals surface area contributed by atoms with E-state index in [-0.39, 0.29) is 22.8 Å². The van der Waals surface area contributed by atoms with Crippen LogP contribution in [0.15, 0.2) is 23.1 Å². The Bertz CT molecular complexity index is 672. The van der Waals surface area contributed by atoms with Gasteiger partial charge in [0.15, 0.2) is 0 Å². The molecule has 1 atom stereocenters. The first-order chi connectivity index (χ1) is 10.2. The van der Waals surface area contributed by atoms with Crippen LogP contribution in [-0.2, 0) is 14.8 Å². The van der Waals surface area contributed by atoms with E-state index in [9.17, 15) is 23.3 Å². The van der Waals surface area contributed by atoms with Gasteiger partial charge in [0, 0.05) is 6.07 Å². The van der Waals surface area contributed by atoms with Gasteiger partial charge in [0.05, 0.1) is 18.1 Å². The number of carboxylic acid groups (broad SMARTS) is 1. The maximum absolute atomic E-state index is 12.3. The Hall–Kier alpha value is -2.20. The summed E-state index contributed by atoms with van der Waals surface area (Å²) in [5.41, 5.74) is -0.334. The molecule has 2 N–H and O–H groups in total. The van der Waals surface area contributed by atoms with Crippen molar-refractivity contribution in [2.75, 3.05) is 7.11 Å². The highest BCUT2D eigenvalue weighted by atomic mass is 32.2. The number of nitro benzene ring substituents is 1. The Morgan fingerprint density at radius 1 is 1.50 bits per heavy atom. The Labute approximate surface area is 127 Å². The van der Waals surface area contributed by atoms with E-state index in [4.69, 9.17) is 9.84 Å². The number of methoxy groups -OCH3 is 1. The van der Waals surface area contributed by atoms with Crippen molar-refractivity contribution < 1.29 is 28.0 Å². The minimum atomic E-state index is -4.19. The molecule has 0 aliphatic rings. The SMILES string of the molecule is CCCC(NS(=O)(=O)c1ccc([N+](=O)[O-])cc1OC)C(=O)O. The molecule has 0 spiro atoms. The summed E-state index contributed by atoms with van der Waals surface area (Å²) in [4.78, 5) is 20.7. The average Bonchev–Trinajstić information content (AvgIpc) is 2.45. The van der Waals surface area contributed by atoms with Gasteiger partial charge in [0.1, 0.15) is 16.7 Å². The van der Waals surface area contributed by atoms with Crippen molar-refractivity contribution in [1.82, 2.24) is 4.72 Å². The number of rotatable bonds is 8. The zero-order valence-corrected chi connectivity index (χ0v) is 12.8. The minimum Gasteiger partial charge on any atom is -0.495 e. The lowest BCUT2D eigenvalue weighted by molar-refractivity contribution is -0.385. The maximum atomic E-state index is 12.3. The fraction of sp³-hybridized carbons (Fsp3) is 0.417. The van der Waals surface area contributed by atoms with Crippen LogP contribution < -0.4 is 9.46 Å². The summed E-state index contributed by atoms with van der Waals surface area (Å²) in [6.45, 7) is 1.72. The Morgan fingerprint density at radius 3 is 2.59 bits per heavy atom. The summed E-state index contributed by atoms with van der Waals surface area (Å²) in [6.07, 6.45) is 0.584. The summed E-state index contributed by atoms with van der Waals surface area (Å²) < 4.78 is 31.4. The number of benzene rings is 1. The normalized spacial score (nSPS) is 12.6. The van der Waals surface area contributed by atoms with Crippen molar-refractivity contribution in [3.8, 4) is 5.75 Å². The molecule has 0 bridgehead atoms. The molecular weight excluding hydrogens is 316 g/mol. The van der Waals surface area contributed by atoms with Gasteiger partial charge in [-0.1, -0.05) is 13.3 Å². The second kappa shape index (κ2) is 7.18. The molecule has 0 fully saturated rings. The van der Waals surface area contributed by atoms with E-state index in [1.807, 2.05) is 0 Å². The van der Waals surface area contributed by atoms with Gasteiger partial charge in [-0.3, -0.25) is 14.9 Å². The molecule has 122 valence electrons. The third-order valence-electron chi connectivity index (χ3n) is 2.82. The van der Waals surface area contributed by atoms with Gasteiger partial charge in [-0.05, 0) is 12.5 Å². The van der Waals surface area contributed by atoms with Crippen molar-refractivity contribution in [1.29, 1.82) is 0 Å². The number of hydrogen-bond donors (Lipinski definition) is 2. The molecule has 0 saturated heterocycles. The first-order valence-corrected chi connectivity index (χ1v) is 7.78. The molecule has 1 aromatic carbocycles. The van der Waals surface area contributed by atoms with Crippen LogP contribution in [-0.4, -0.2) is 37.6 Å². The molecule has 0 aliphatic heterocycles. The largest absolute Gasteiger partial charge is 0.495 e. The zero-order chi connectivity index (χ0) is 16.9. The van der Waals surface area contributed by atoms with E-state index >= 15 is 0 Å². The van der Waals surface area contributed by atoms with E-state index in [1.165, 1.54) is 7.11 Å². The number of aliphatic carboxylic acids is 1. The van der Waals surface area contributed by atoms with Crippen molar-refractivity contribution >= 4 is 21.7 Å². The van der Waals surface area contributed by atoms with Crippen molar-refractivity contribution in [3.05, 3.63) is 28.3 Å². The highest BCUT2D eigenvalue weighted by Crippen LogP contribution is 2.28. The number of carbonyl (C=O) groups is 1. The number of nitrogens with one attached hydrogen (secondary N) is 1. The summed E-state index contributed by atoms with van der Waals surface area (Å²) in [6, 6.07) is 1.69. The van der Waals surface area contributed by atoms with Gasteiger partial charge in [-0.15, -0.1) is 0 Å². The summed E-state index contributed by atoms with van der Waals surface area (Å²) in [5.74, 6) is -1.53. The molecule has 0 heterocycles. The topological polar surface area (TPSA) is 136 Å². The maximum Gasteiger partial charge on any atom is 0.321 e.